The third kappa shape index (κ3) is 2.86. The van der Waals surface area contributed by atoms with Gasteiger partial charge in [0, 0.05) is 31.0 Å². The van der Waals surface area contributed by atoms with Crippen molar-refractivity contribution in [2.75, 3.05) is 43.4 Å². The van der Waals surface area contributed by atoms with Gasteiger partial charge in [0.1, 0.15) is 0 Å². The fourth-order valence-corrected chi connectivity index (χ4v) is 3.41. The van der Waals surface area contributed by atoms with E-state index in [1.807, 2.05) is 6.07 Å². The van der Waals surface area contributed by atoms with Gasteiger partial charge in [0.25, 0.3) is 0 Å². The third-order valence-electron chi connectivity index (χ3n) is 4.52. The zero-order valence-corrected chi connectivity index (χ0v) is 11.8. The van der Waals surface area contributed by atoms with E-state index >= 15 is 0 Å². The van der Waals surface area contributed by atoms with Gasteiger partial charge >= 0.3 is 0 Å². The molecule has 1 saturated heterocycles. The van der Waals surface area contributed by atoms with Crippen LogP contribution in [0.15, 0.2) is 18.2 Å². The van der Waals surface area contributed by atoms with E-state index in [-0.39, 0.29) is 0 Å². The maximum absolute atomic E-state index is 6.11. The number of likely N-dealkylation sites (tertiary alicyclic amines) is 1. The van der Waals surface area contributed by atoms with Gasteiger partial charge in [0.15, 0.2) is 0 Å². The zero-order valence-electron chi connectivity index (χ0n) is 11.8. The van der Waals surface area contributed by atoms with Gasteiger partial charge in [0.2, 0.25) is 0 Å². The lowest BCUT2D eigenvalue weighted by Gasteiger charge is -2.35. The largest absolute Gasteiger partial charge is 0.398 e. The Balaban J connectivity index is 1.64. The van der Waals surface area contributed by atoms with Crippen LogP contribution in [-0.4, -0.2) is 37.6 Å². The summed E-state index contributed by atoms with van der Waals surface area (Å²) in [7, 11) is 0. The van der Waals surface area contributed by atoms with Crippen LogP contribution in [0.3, 0.4) is 0 Å². The summed E-state index contributed by atoms with van der Waals surface area (Å²) in [6.07, 6.45) is 6.55. The Morgan fingerprint density at radius 2 is 1.79 bits per heavy atom. The number of nitrogen functional groups attached to an aromatic ring is 1. The Kier molecular flexibility index (Phi) is 3.92. The number of benzene rings is 1. The molecule has 2 aliphatic rings. The quantitative estimate of drug-likeness (QED) is 0.847. The smallest absolute Gasteiger partial charge is 0.0419 e. The van der Waals surface area contributed by atoms with Crippen molar-refractivity contribution in [1.29, 1.82) is 0 Å². The topological polar surface area (TPSA) is 32.5 Å². The first kappa shape index (κ1) is 12.8. The Bertz CT molecular complexity index is 424. The van der Waals surface area contributed by atoms with Crippen molar-refractivity contribution in [2.24, 2.45) is 0 Å². The monoisotopic (exact) mass is 259 g/mol. The minimum Gasteiger partial charge on any atom is -0.398 e. The molecule has 0 bridgehead atoms. The molecule has 1 aromatic carbocycles. The summed E-state index contributed by atoms with van der Waals surface area (Å²) < 4.78 is 0. The van der Waals surface area contributed by atoms with Crippen LogP contribution in [0.2, 0.25) is 0 Å². The SMILES string of the molecule is Nc1cccc2c1CCCN2CCN1CCCCC1. The summed E-state index contributed by atoms with van der Waals surface area (Å²) >= 11 is 0. The molecule has 1 aromatic rings. The van der Waals surface area contributed by atoms with Gasteiger partial charge in [-0.3, -0.25) is 0 Å². The summed E-state index contributed by atoms with van der Waals surface area (Å²) in [5.41, 5.74) is 9.82. The maximum atomic E-state index is 6.11. The lowest BCUT2D eigenvalue weighted by molar-refractivity contribution is 0.233. The van der Waals surface area contributed by atoms with Gasteiger partial charge in [-0.2, -0.15) is 0 Å². The number of hydrogen-bond acceptors (Lipinski definition) is 3. The Morgan fingerprint density at radius 3 is 2.63 bits per heavy atom. The van der Waals surface area contributed by atoms with E-state index < -0.39 is 0 Å². The van der Waals surface area contributed by atoms with Crippen molar-refractivity contribution in [3.8, 4) is 0 Å². The van der Waals surface area contributed by atoms with Gasteiger partial charge in [0.05, 0.1) is 0 Å². The van der Waals surface area contributed by atoms with E-state index in [1.165, 1.54) is 63.1 Å². The fraction of sp³-hybridized carbons (Fsp3) is 0.625. The van der Waals surface area contributed by atoms with Crippen molar-refractivity contribution in [1.82, 2.24) is 4.90 Å². The lowest BCUT2D eigenvalue weighted by Crippen LogP contribution is -2.39. The number of nitrogens with zero attached hydrogens (tertiary/aromatic N) is 2. The Morgan fingerprint density at radius 1 is 0.947 bits per heavy atom. The lowest BCUT2D eigenvalue weighted by atomic mass is 10.00. The molecule has 0 aromatic heterocycles. The normalized spacial score (nSPS) is 20.3. The van der Waals surface area contributed by atoms with E-state index in [0.29, 0.717) is 0 Å². The molecule has 0 radical (unpaired) electrons. The van der Waals surface area contributed by atoms with Crippen molar-refractivity contribution in [3.05, 3.63) is 23.8 Å². The average molecular weight is 259 g/mol. The van der Waals surface area contributed by atoms with Crippen LogP contribution in [0.4, 0.5) is 11.4 Å². The number of piperidine rings is 1. The van der Waals surface area contributed by atoms with Crippen LogP contribution >= 0.6 is 0 Å². The highest BCUT2D eigenvalue weighted by Crippen LogP contribution is 2.31. The standard InChI is InChI=1S/C16H25N3/c17-15-7-4-8-16-14(15)6-5-11-19(16)13-12-18-9-2-1-3-10-18/h4,7-8H,1-3,5-6,9-13,17H2. The van der Waals surface area contributed by atoms with Crippen LogP contribution in [0.5, 0.6) is 0 Å². The molecular weight excluding hydrogens is 234 g/mol. The summed E-state index contributed by atoms with van der Waals surface area (Å²) in [6.45, 7) is 6.12. The van der Waals surface area contributed by atoms with E-state index in [2.05, 4.69) is 21.9 Å². The number of nitrogens with two attached hydrogens (primary N) is 1. The summed E-state index contributed by atoms with van der Waals surface area (Å²) in [5, 5.41) is 0. The van der Waals surface area contributed by atoms with Gasteiger partial charge in [-0.15, -0.1) is 0 Å². The van der Waals surface area contributed by atoms with Gasteiger partial charge in [-0.1, -0.05) is 12.5 Å². The predicted octanol–water partition coefficient (Wildman–Crippen LogP) is 2.51. The number of rotatable bonds is 3. The first-order valence-electron chi connectivity index (χ1n) is 7.69. The van der Waals surface area contributed by atoms with Crippen molar-refractivity contribution >= 4 is 11.4 Å². The molecular formula is C16H25N3. The molecule has 3 rings (SSSR count). The highest BCUT2D eigenvalue weighted by Gasteiger charge is 2.19. The van der Waals surface area contributed by atoms with Crippen LogP contribution in [0.25, 0.3) is 0 Å². The molecule has 2 N–H and O–H groups in total. The fourth-order valence-electron chi connectivity index (χ4n) is 3.41. The zero-order chi connectivity index (χ0) is 13.1. The maximum Gasteiger partial charge on any atom is 0.0419 e. The first-order chi connectivity index (χ1) is 9.34. The molecule has 19 heavy (non-hydrogen) atoms. The van der Waals surface area contributed by atoms with Gasteiger partial charge in [-0.25, -0.2) is 0 Å². The molecule has 104 valence electrons. The second kappa shape index (κ2) is 5.83. The molecule has 0 atom stereocenters. The highest BCUT2D eigenvalue weighted by atomic mass is 15.2. The third-order valence-corrected chi connectivity index (χ3v) is 4.52. The summed E-state index contributed by atoms with van der Waals surface area (Å²) in [6, 6.07) is 6.36. The highest BCUT2D eigenvalue weighted by molar-refractivity contribution is 5.66. The second-order valence-electron chi connectivity index (χ2n) is 5.84. The van der Waals surface area contributed by atoms with Crippen LogP contribution in [0, 0.1) is 0 Å². The van der Waals surface area contributed by atoms with Gasteiger partial charge in [-0.05, 0) is 56.5 Å². The van der Waals surface area contributed by atoms with E-state index in [1.54, 1.807) is 0 Å². The number of hydrogen-bond donors (Lipinski definition) is 1. The van der Waals surface area contributed by atoms with Crippen molar-refractivity contribution in [2.45, 2.75) is 32.1 Å². The van der Waals surface area contributed by atoms with Crippen LogP contribution in [0.1, 0.15) is 31.2 Å². The molecule has 0 aliphatic carbocycles. The molecule has 0 saturated carbocycles. The average Bonchev–Trinajstić information content (AvgIpc) is 2.47. The molecule has 2 heterocycles. The number of anilines is 2. The van der Waals surface area contributed by atoms with E-state index in [0.717, 1.165) is 18.7 Å². The first-order valence-corrected chi connectivity index (χ1v) is 7.69. The van der Waals surface area contributed by atoms with Crippen molar-refractivity contribution < 1.29 is 0 Å². The Labute approximate surface area is 116 Å². The Hall–Kier alpha value is -1.22. The van der Waals surface area contributed by atoms with Crippen LogP contribution < -0.4 is 10.6 Å². The van der Waals surface area contributed by atoms with E-state index in [4.69, 9.17) is 5.73 Å². The molecule has 0 spiro atoms. The van der Waals surface area contributed by atoms with Gasteiger partial charge < -0.3 is 15.5 Å². The van der Waals surface area contributed by atoms with E-state index in [9.17, 15) is 0 Å². The molecule has 0 amide bonds. The van der Waals surface area contributed by atoms with Crippen LogP contribution in [-0.2, 0) is 6.42 Å². The molecule has 0 unspecified atom stereocenters. The molecule has 2 aliphatic heterocycles. The minimum absolute atomic E-state index is 0.972. The molecule has 1 fully saturated rings. The minimum atomic E-state index is 0.972. The van der Waals surface area contributed by atoms with Crippen molar-refractivity contribution in [3.63, 3.8) is 0 Å². The molecule has 3 nitrogen and oxygen atoms in total. The number of fused-ring (bicyclic) bond motifs is 1. The predicted molar refractivity (Wildman–Crippen MR) is 81.7 cm³/mol. The molecule has 3 heteroatoms. The summed E-state index contributed by atoms with van der Waals surface area (Å²) in [5.74, 6) is 0. The summed E-state index contributed by atoms with van der Waals surface area (Å²) in [4.78, 5) is 5.15. The second-order valence-corrected chi connectivity index (χ2v) is 5.84.